The number of hydrogen-bond acceptors (Lipinski definition) is 6. The summed E-state index contributed by atoms with van der Waals surface area (Å²) in [5.41, 5.74) is 14.4. The molecule has 0 amide bonds. The Labute approximate surface area is 129 Å². The topological polar surface area (TPSA) is 89.8 Å². The monoisotopic (exact) mass is 305 g/mol. The molecule has 21 heavy (non-hydrogen) atoms. The van der Waals surface area contributed by atoms with Gasteiger partial charge in [-0.05, 0) is 42.7 Å². The van der Waals surface area contributed by atoms with Crippen molar-refractivity contribution >= 4 is 33.3 Å². The van der Waals surface area contributed by atoms with Gasteiger partial charge in [0, 0.05) is 11.9 Å². The van der Waals surface area contributed by atoms with Gasteiger partial charge in [-0.2, -0.15) is 4.98 Å². The number of hydrogen-bond donors (Lipinski definition) is 3. The molecule has 5 nitrogen and oxygen atoms in total. The number of nitrogens with two attached hydrogens (primary N) is 2. The van der Waals surface area contributed by atoms with Gasteiger partial charge in [0.05, 0.1) is 10.2 Å². The predicted octanol–water partition coefficient (Wildman–Crippen LogP) is 2.72. The highest BCUT2D eigenvalue weighted by Crippen LogP contribution is 2.50. The maximum Gasteiger partial charge on any atom is 0.222 e. The molecule has 0 spiro atoms. The molecule has 0 fully saturated rings. The third-order valence-corrected chi connectivity index (χ3v) is 5.65. The van der Waals surface area contributed by atoms with Crippen LogP contribution in [0.5, 0.6) is 0 Å². The van der Waals surface area contributed by atoms with Crippen LogP contribution in [0.15, 0.2) is 0 Å². The highest BCUT2D eigenvalue weighted by Gasteiger charge is 2.35. The van der Waals surface area contributed by atoms with Crippen LogP contribution in [0.1, 0.15) is 43.0 Å². The van der Waals surface area contributed by atoms with Crippen LogP contribution in [-0.4, -0.2) is 23.6 Å². The second kappa shape index (κ2) is 5.10. The van der Waals surface area contributed by atoms with E-state index >= 15 is 0 Å². The minimum absolute atomic E-state index is 0.278. The van der Waals surface area contributed by atoms with E-state index in [1.165, 1.54) is 16.9 Å². The zero-order valence-corrected chi connectivity index (χ0v) is 13.7. The van der Waals surface area contributed by atoms with Crippen LogP contribution in [0.3, 0.4) is 0 Å². The Kier molecular flexibility index (Phi) is 3.53. The van der Waals surface area contributed by atoms with Crippen LogP contribution in [0.4, 0.5) is 11.8 Å². The lowest BCUT2D eigenvalue weighted by molar-refractivity contribution is 0.279. The Hall–Kier alpha value is -1.40. The Morgan fingerprint density at radius 2 is 2.14 bits per heavy atom. The van der Waals surface area contributed by atoms with Gasteiger partial charge < -0.3 is 16.8 Å². The van der Waals surface area contributed by atoms with E-state index in [0.717, 1.165) is 35.4 Å². The Morgan fingerprint density at radius 1 is 1.38 bits per heavy atom. The van der Waals surface area contributed by atoms with Crippen LogP contribution in [0.2, 0.25) is 0 Å². The molecule has 2 aromatic heterocycles. The van der Waals surface area contributed by atoms with E-state index in [4.69, 9.17) is 11.5 Å². The summed E-state index contributed by atoms with van der Waals surface area (Å²) in [5, 5.41) is 3.14. The zero-order valence-electron chi connectivity index (χ0n) is 12.9. The van der Waals surface area contributed by atoms with Crippen molar-refractivity contribution in [3.05, 3.63) is 10.4 Å². The van der Waals surface area contributed by atoms with Gasteiger partial charge >= 0.3 is 0 Å². The van der Waals surface area contributed by atoms with Gasteiger partial charge in [0.15, 0.2) is 0 Å². The van der Waals surface area contributed by atoms with E-state index in [9.17, 15) is 0 Å². The molecular formula is C15H23N5S. The lowest BCUT2D eigenvalue weighted by Gasteiger charge is -2.35. The van der Waals surface area contributed by atoms with Gasteiger partial charge in [-0.25, -0.2) is 4.98 Å². The number of nitrogens with zero attached hydrogens (tertiary/aromatic N) is 2. The van der Waals surface area contributed by atoms with Crippen molar-refractivity contribution in [3.63, 3.8) is 0 Å². The molecule has 5 N–H and O–H groups in total. The SMILES string of the molecule is CNc1nc(N)nc2c3c(sc12)C(CCN)CC(C)(C)C3. The summed E-state index contributed by atoms with van der Waals surface area (Å²) in [6.07, 6.45) is 3.26. The molecule has 0 saturated heterocycles. The summed E-state index contributed by atoms with van der Waals surface area (Å²) in [4.78, 5) is 10.3. The molecule has 6 heteroatoms. The average Bonchev–Trinajstić information content (AvgIpc) is 2.76. The van der Waals surface area contributed by atoms with E-state index in [2.05, 4.69) is 29.1 Å². The van der Waals surface area contributed by atoms with Crippen molar-refractivity contribution < 1.29 is 0 Å². The highest BCUT2D eigenvalue weighted by atomic mass is 32.1. The summed E-state index contributed by atoms with van der Waals surface area (Å²) < 4.78 is 1.12. The molecule has 0 saturated carbocycles. The molecule has 0 aromatic carbocycles. The smallest absolute Gasteiger partial charge is 0.222 e. The highest BCUT2D eigenvalue weighted by molar-refractivity contribution is 7.20. The number of anilines is 2. The van der Waals surface area contributed by atoms with Crippen molar-refractivity contribution in [2.45, 2.75) is 39.0 Å². The zero-order chi connectivity index (χ0) is 15.2. The van der Waals surface area contributed by atoms with Gasteiger partial charge in [-0.15, -0.1) is 11.3 Å². The fourth-order valence-corrected chi connectivity index (χ4v) is 4.86. The lowest BCUT2D eigenvalue weighted by Crippen LogP contribution is -2.25. The number of nitrogens with one attached hydrogen (secondary N) is 1. The van der Waals surface area contributed by atoms with Gasteiger partial charge in [0.2, 0.25) is 5.95 Å². The van der Waals surface area contributed by atoms with Gasteiger partial charge in [-0.1, -0.05) is 13.8 Å². The van der Waals surface area contributed by atoms with Crippen molar-refractivity contribution in [2.75, 3.05) is 24.6 Å². The van der Waals surface area contributed by atoms with Gasteiger partial charge in [-0.3, -0.25) is 0 Å². The van der Waals surface area contributed by atoms with Crippen LogP contribution in [0, 0.1) is 5.41 Å². The minimum Gasteiger partial charge on any atom is -0.372 e. The molecule has 1 aliphatic carbocycles. The molecule has 0 aliphatic heterocycles. The Balaban J connectivity index is 2.23. The second-order valence-corrected chi connectivity index (χ2v) is 7.67. The second-order valence-electron chi connectivity index (χ2n) is 6.62. The summed E-state index contributed by atoms with van der Waals surface area (Å²) in [6.45, 7) is 5.38. The van der Waals surface area contributed by atoms with Crippen LogP contribution in [-0.2, 0) is 6.42 Å². The maximum atomic E-state index is 5.88. The fraction of sp³-hybridized carbons (Fsp3) is 0.600. The van der Waals surface area contributed by atoms with E-state index in [0.29, 0.717) is 11.9 Å². The molecule has 3 rings (SSSR count). The van der Waals surface area contributed by atoms with Crippen molar-refractivity contribution in [1.82, 2.24) is 9.97 Å². The van der Waals surface area contributed by atoms with Crippen LogP contribution < -0.4 is 16.8 Å². The normalized spacial score (nSPS) is 20.5. The third-order valence-electron chi connectivity index (χ3n) is 4.26. The number of rotatable bonds is 3. The van der Waals surface area contributed by atoms with Crippen molar-refractivity contribution in [1.29, 1.82) is 0 Å². The Bertz CT molecular complexity index is 676. The molecule has 114 valence electrons. The third kappa shape index (κ3) is 2.46. The van der Waals surface area contributed by atoms with E-state index in [1.807, 2.05) is 18.4 Å². The molecule has 2 aromatic rings. The number of nitrogen functional groups attached to an aromatic ring is 1. The summed E-state index contributed by atoms with van der Waals surface area (Å²) >= 11 is 1.81. The molecular weight excluding hydrogens is 282 g/mol. The van der Waals surface area contributed by atoms with Crippen LogP contribution in [0.25, 0.3) is 10.2 Å². The van der Waals surface area contributed by atoms with Crippen molar-refractivity contribution in [3.8, 4) is 0 Å². The van der Waals surface area contributed by atoms with Crippen LogP contribution >= 0.6 is 11.3 Å². The van der Waals surface area contributed by atoms with E-state index in [1.54, 1.807) is 0 Å². The van der Waals surface area contributed by atoms with Crippen molar-refractivity contribution in [2.24, 2.45) is 11.1 Å². The standard InChI is InChI=1S/C15H23N5S/c1-15(2)6-8(4-5-16)11-9(7-15)10-12(21-11)13(18-3)20-14(17)19-10/h8H,4-7,16H2,1-3H3,(H3,17,18,19,20). The number of fused-ring (bicyclic) bond motifs is 3. The number of aromatic nitrogens is 2. The molecule has 0 radical (unpaired) electrons. The molecule has 1 unspecified atom stereocenters. The summed E-state index contributed by atoms with van der Waals surface area (Å²) in [7, 11) is 1.88. The Morgan fingerprint density at radius 3 is 2.81 bits per heavy atom. The first-order valence-corrected chi connectivity index (χ1v) is 8.23. The predicted molar refractivity (Wildman–Crippen MR) is 89.9 cm³/mol. The van der Waals surface area contributed by atoms with E-state index in [-0.39, 0.29) is 5.41 Å². The lowest BCUT2D eigenvalue weighted by atomic mass is 9.71. The fourth-order valence-electron chi connectivity index (χ4n) is 3.47. The maximum absolute atomic E-state index is 5.88. The first-order chi connectivity index (χ1) is 9.95. The minimum atomic E-state index is 0.278. The average molecular weight is 305 g/mol. The first-order valence-electron chi connectivity index (χ1n) is 7.42. The van der Waals surface area contributed by atoms with E-state index < -0.39 is 0 Å². The molecule has 0 bridgehead atoms. The summed E-state index contributed by atoms with van der Waals surface area (Å²) in [6, 6.07) is 0. The largest absolute Gasteiger partial charge is 0.372 e. The molecule has 1 aliphatic rings. The summed E-state index contributed by atoms with van der Waals surface area (Å²) in [5.74, 6) is 1.70. The van der Waals surface area contributed by atoms with Gasteiger partial charge in [0.25, 0.3) is 0 Å². The number of thiophene rings is 1. The quantitative estimate of drug-likeness (QED) is 0.811. The van der Waals surface area contributed by atoms with Gasteiger partial charge in [0.1, 0.15) is 5.82 Å². The molecule has 2 heterocycles. The first kappa shape index (κ1) is 14.5. The molecule has 1 atom stereocenters.